The number of carboxylic acids is 1. The van der Waals surface area contributed by atoms with Gasteiger partial charge in [-0.25, -0.2) is 0 Å². The van der Waals surface area contributed by atoms with Crippen molar-refractivity contribution in [1.82, 2.24) is 4.90 Å². The number of carboxylic acid groups (broad SMARTS) is 1. The van der Waals surface area contributed by atoms with Crippen LogP contribution in [0.15, 0.2) is 24.3 Å². The lowest BCUT2D eigenvalue weighted by Gasteiger charge is -2.24. The van der Waals surface area contributed by atoms with Crippen LogP contribution in [0.1, 0.15) is 30.5 Å². The van der Waals surface area contributed by atoms with Gasteiger partial charge in [0, 0.05) is 12.6 Å². The molecule has 1 aliphatic heterocycles. The van der Waals surface area contributed by atoms with E-state index >= 15 is 0 Å². The SMILES string of the molecule is CC(c1ccc(C#N)cc1)N1CCC(C(=O)O)C1. The minimum Gasteiger partial charge on any atom is -0.481 e. The number of carbonyl (C=O) groups is 1. The molecule has 94 valence electrons. The molecule has 1 aromatic carbocycles. The van der Waals surface area contributed by atoms with Gasteiger partial charge in [0.15, 0.2) is 0 Å². The normalized spacial score (nSPS) is 21.4. The molecule has 1 fully saturated rings. The van der Waals surface area contributed by atoms with Gasteiger partial charge in [0.2, 0.25) is 0 Å². The number of nitriles is 1. The Hall–Kier alpha value is -1.86. The molecule has 1 N–H and O–H groups in total. The minimum atomic E-state index is -0.704. The predicted octanol–water partition coefficient (Wildman–Crippen LogP) is 2.03. The van der Waals surface area contributed by atoms with Gasteiger partial charge in [-0.2, -0.15) is 5.26 Å². The van der Waals surface area contributed by atoms with Crippen molar-refractivity contribution in [1.29, 1.82) is 5.26 Å². The van der Waals surface area contributed by atoms with E-state index in [1.165, 1.54) is 0 Å². The first-order valence-electron chi connectivity index (χ1n) is 6.08. The second-order valence-electron chi connectivity index (χ2n) is 4.73. The highest BCUT2D eigenvalue weighted by Crippen LogP contribution is 2.27. The van der Waals surface area contributed by atoms with Crippen LogP contribution in [-0.2, 0) is 4.79 Å². The van der Waals surface area contributed by atoms with E-state index < -0.39 is 5.97 Å². The molecule has 0 bridgehead atoms. The Balaban J connectivity index is 2.05. The third kappa shape index (κ3) is 2.52. The summed E-state index contributed by atoms with van der Waals surface area (Å²) < 4.78 is 0. The van der Waals surface area contributed by atoms with Gasteiger partial charge < -0.3 is 5.11 Å². The average Bonchev–Trinajstić information content (AvgIpc) is 2.88. The van der Waals surface area contributed by atoms with E-state index in [0.717, 1.165) is 18.5 Å². The fourth-order valence-corrected chi connectivity index (χ4v) is 2.39. The Morgan fingerprint density at radius 2 is 2.17 bits per heavy atom. The van der Waals surface area contributed by atoms with Crippen molar-refractivity contribution in [3.8, 4) is 6.07 Å². The molecular weight excluding hydrogens is 228 g/mol. The topological polar surface area (TPSA) is 64.3 Å². The summed E-state index contributed by atoms with van der Waals surface area (Å²) in [6, 6.07) is 9.78. The van der Waals surface area contributed by atoms with Crippen molar-refractivity contribution in [2.45, 2.75) is 19.4 Å². The van der Waals surface area contributed by atoms with Crippen LogP contribution in [0.2, 0.25) is 0 Å². The fourth-order valence-electron chi connectivity index (χ4n) is 2.39. The zero-order chi connectivity index (χ0) is 13.1. The summed E-state index contributed by atoms with van der Waals surface area (Å²) in [5, 5.41) is 17.7. The molecule has 0 amide bonds. The Labute approximate surface area is 106 Å². The fraction of sp³-hybridized carbons (Fsp3) is 0.429. The quantitative estimate of drug-likeness (QED) is 0.883. The molecule has 2 rings (SSSR count). The lowest BCUT2D eigenvalue weighted by Crippen LogP contribution is -2.26. The van der Waals surface area contributed by atoms with Gasteiger partial charge in [0.1, 0.15) is 0 Å². The number of benzene rings is 1. The van der Waals surface area contributed by atoms with E-state index in [9.17, 15) is 4.79 Å². The Morgan fingerprint density at radius 1 is 1.50 bits per heavy atom. The molecule has 0 radical (unpaired) electrons. The number of hydrogen-bond acceptors (Lipinski definition) is 3. The Kier molecular flexibility index (Phi) is 3.63. The van der Waals surface area contributed by atoms with Crippen molar-refractivity contribution < 1.29 is 9.90 Å². The first-order valence-corrected chi connectivity index (χ1v) is 6.08. The van der Waals surface area contributed by atoms with E-state index in [4.69, 9.17) is 10.4 Å². The zero-order valence-corrected chi connectivity index (χ0v) is 10.3. The number of nitrogens with zero attached hydrogens (tertiary/aromatic N) is 2. The number of aliphatic carboxylic acids is 1. The molecule has 18 heavy (non-hydrogen) atoms. The van der Waals surface area contributed by atoms with Gasteiger partial charge in [-0.05, 0) is 37.6 Å². The molecule has 1 saturated heterocycles. The summed E-state index contributed by atoms with van der Waals surface area (Å²) in [6.45, 7) is 3.50. The van der Waals surface area contributed by atoms with Crippen molar-refractivity contribution in [2.75, 3.05) is 13.1 Å². The number of rotatable bonds is 3. The molecular formula is C14H16N2O2. The summed E-state index contributed by atoms with van der Waals surface area (Å²) in [4.78, 5) is 13.1. The molecule has 4 heteroatoms. The molecule has 1 aromatic rings. The van der Waals surface area contributed by atoms with Crippen LogP contribution in [-0.4, -0.2) is 29.1 Å². The van der Waals surface area contributed by atoms with Crippen molar-refractivity contribution in [3.63, 3.8) is 0 Å². The van der Waals surface area contributed by atoms with E-state index in [0.29, 0.717) is 12.1 Å². The van der Waals surface area contributed by atoms with Crippen LogP contribution in [0.4, 0.5) is 0 Å². The van der Waals surface area contributed by atoms with Gasteiger partial charge in [0.05, 0.1) is 17.6 Å². The zero-order valence-electron chi connectivity index (χ0n) is 10.3. The van der Waals surface area contributed by atoms with E-state index in [2.05, 4.69) is 17.9 Å². The van der Waals surface area contributed by atoms with Crippen LogP contribution in [0.5, 0.6) is 0 Å². The molecule has 0 aromatic heterocycles. The molecule has 4 nitrogen and oxygen atoms in total. The van der Waals surface area contributed by atoms with Crippen molar-refractivity contribution in [3.05, 3.63) is 35.4 Å². The van der Waals surface area contributed by atoms with Crippen molar-refractivity contribution >= 4 is 5.97 Å². The summed E-state index contributed by atoms with van der Waals surface area (Å²) >= 11 is 0. The lowest BCUT2D eigenvalue weighted by molar-refractivity contribution is -0.141. The third-order valence-corrected chi connectivity index (χ3v) is 3.64. The molecule has 1 heterocycles. The van der Waals surface area contributed by atoms with Crippen LogP contribution in [0.3, 0.4) is 0 Å². The molecule has 1 aliphatic rings. The highest BCUT2D eigenvalue weighted by atomic mass is 16.4. The van der Waals surface area contributed by atoms with Crippen LogP contribution < -0.4 is 0 Å². The summed E-state index contributed by atoms with van der Waals surface area (Å²) in [7, 11) is 0. The second-order valence-corrected chi connectivity index (χ2v) is 4.73. The van der Waals surface area contributed by atoms with Crippen LogP contribution in [0, 0.1) is 17.2 Å². The molecule has 2 unspecified atom stereocenters. The van der Waals surface area contributed by atoms with Gasteiger partial charge in [-0.1, -0.05) is 12.1 Å². The van der Waals surface area contributed by atoms with Crippen LogP contribution in [0.25, 0.3) is 0 Å². The monoisotopic (exact) mass is 244 g/mol. The standard InChI is InChI=1S/C14H16N2O2/c1-10(12-4-2-11(8-15)3-5-12)16-7-6-13(9-16)14(17)18/h2-5,10,13H,6-7,9H2,1H3,(H,17,18). The Bertz CT molecular complexity index is 476. The molecule has 0 spiro atoms. The van der Waals surface area contributed by atoms with E-state index in [-0.39, 0.29) is 12.0 Å². The molecule has 0 aliphatic carbocycles. The number of likely N-dealkylation sites (tertiary alicyclic amines) is 1. The summed E-state index contributed by atoms with van der Waals surface area (Å²) in [5.41, 5.74) is 1.77. The van der Waals surface area contributed by atoms with E-state index in [1.807, 2.05) is 12.1 Å². The van der Waals surface area contributed by atoms with Gasteiger partial charge in [-0.15, -0.1) is 0 Å². The maximum Gasteiger partial charge on any atom is 0.307 e. The van der Waals surface area contributed by atoms with Gasteiger partial charge >= 0.3 is 5.97 Å². The average molecular weight is 244 g/mol. The molecule has 2 atom stereocenters. The summed E-state index contributed by atoms with van der Waals surface area (Å²) in [6.07, 6.45) is 0.718. The van der Waals surface area contributed by atoms with Gasteiger partial charge in [-0.3, -0.25) is 9.69 Å². The lowest BCUT2D eigenvalue weighted by atomic mass is 10.1. The van der Waals surface area contributed by atoms with Gasteiger partial charge in [0.25, 0.3) is 0 Å². The van der Waals surface area contributed by atoms with Crippen molar-refractivity contribution in [2.24, 2.45) is 5.92 Å². The highest BCUT2D eigenvalue weighted by Gasteiger charge is 2.30. The van der Waals surface area contributed by atoms with E-state index in [1.54, 1.807) is 12.1 Å². The largest absolute Gasteiger partial charge is 0.481 e. The predicted molar refractivity (Wildman–Crippen MR) is 66.9 cm³/mol. The summed E-state index contributed by atoms with van der Waals surface area (Å²) in [5.74, 6) is -0.949. The smallest absolute Gasteiger partial charge is 0.307 e. The maximum absolute atomic E-state index is 10.9. The number of hydrogen-bond donors (Lipinski definition) is 1. The van der Waals surface area contributed by atoms with Crippen LogP contribution >= 0.6 is 0 Å². The first-order chi connectivity index (χ1) is 8.61. The first kappa shape index (κ1) is 12.6. The third-order valence-electron chi connectivity index (χ3n) is 3.64. The second kappa shape index (κ2) is 5.19. The minimum absolute atomic E-state index is 0.196. The molecule has 0 saturated carbocycles. The maximum atomic E-state index is 10.9. The Morgan fingerprint density at radius 3 is 2.67 bits per heavy atom. The highest BCUT2D eigenvalue weighted by molar-refractivity contribution is 5.70.